The number of methoxy groups -OCH3 is 1. The topological polar surface area (TPSA) is 49.9 Å². The van der Waals surface area contributed by atoms with Gasteiger partial charge in [-0.3, -0.25) is 0 Å². The van der Waals surface area contributed by atoms with Crippen molar-refractivity contribution in [3.8, 4) is 5.75 Å². The molecule has 0 spiro atoms. The SMILES string of the molecule is COc1cc(C)ccc1S(=O)(=O)N1CCN(c2cccc(C)c2C)CC1. The number of piperazine rings is 1. The van der Waals surface area contributed by atoms with Crippen LogP contribution in [0.5, 0.6) is 5.75 Å². The first-order chi connectivity index (χ1) is 12.3. The number of ether oxygens (including phenoxy) is 1. The van der Waals surface area contributed by atoms with Crippen molar-refractivity contribution in [1.29, 1.82) is 0 Å². The van der Waals surface area contributed by atoms with Crippen LogP contribution in [0.4, 0.5) is 5.69 Å². The van der Waals surface area contributed by atoms with Crippen molar-refractivity contribution >= 4 is 15.7 Å². The molecule has 1 saturated heterocycles. The lowest BCUT2D eigenvalue weighted by molar-refractivity contribution is 0.374. The molecule has 0 amide bonds. The van der Waals surface area contributed by atoms with E-state index in [1.54, 1.807) is 16.4 Å². The fourth-order valence-electron chi connectivity index (χ4n) is 3.37. The van der Waals surface area contributed by atoms with Crippen LogP contribution in [0.15, 0.2) is 41.3 Å². The van der Waals surface area contributed by atoms with Crippen LogP contribution in [-0.2, 0) is 10.0 Å². The van der Waals surface area contributed by atoms with E-state index in [1.807, 2.05) is 13.0 Å². The van der Waals surface area contributed by atoms with Crippen molar-refractivity contribution in [2.45, 2.75) is 25.7 Å². The van der Waals surface area contributed by atoms with Gasteiger partial charge in [0.25, 0.3) is 0 Å². The Kier molecular flexibility index (Phi) is 5.25. The third-order valence-electron chi connectivity index (χ3n) is 5.09. The molecule has 0 atom stereocenters. The van der Waals surface area contributed by atoms with E-state index >= 15 is 0 Å². The fraction of sp³-hybridized carbons (Fsp3) is 0.400. The van der Waals surface area contributed by atoms with Crippen LogP contribution in [-0.4, -0.2) is 46.0 Å². The van der Waals surface area contributed by atoms with E-state index in [9.17, 15) is 8.42 Å². The highest BCUT2D eigenvalue weighted by Gasteiger charge is 2.31. The molecule has 140 valence electrons. The second kappa shape index (κ2) is 7.29. The van der Waals surface area contributed by atoms with Gasteiger partial charge in [0.1, 0.15) is 10.6 Å². The summed E-state index contributed by atoms with van der Waals surface area (Å²) >= 11 is 0. The van der Waals surface area contributed by atoms with Gasteiger partial charge in [-0.15, -0.1) is 0 Å². The molecule has 0 saturated carbocycles. The van der Waals surface area contributed by atoms with E-state index in [4.69, 9.17) is 4.74 Å². The zero-order chi connectivity index (χ0) is 18.9. The number of anilines is 1. The molecule has 0 aliphatic carbocycles. The van der Waals surface area contributed by atoms with Crippen molar-refractivity contribution in [2.75, 3.05) is 38.2 Å². The minimum atomic E-state index is -3.56. The smallest absolute Gasteiger partial charge is 0.246 e. The standard InChI is InChI=1S/C20H26N2O3S/c1-15-8-9-20(19(14-15)25-4)26(23,24)22-12-10-21(11-13-22)18-7-5-6-16(2)17(18)3/h5-9,14H,10-13H2,1-4H3. The summed E-state index contributed by atoms with van der Waals surface area (Å²) in [5.41, 5.74) is 4.67. The van der Waals surface area contributed by atoms with Crippen molar-refractivity contribution in [1.82, 2.24) is 4.31 Å². The fourth-order valence-corrected chi connectivity index (χ4v) is 4.93. The van der Waals surface area contributed by atoms with Crippen LogP contribution in [0.1, 0.15) is 16.7 Å². The second-order valence-corrected chi connectivity index (χ2v) is 8.67. The highest BCUT2D eigenvalue weighted by molar-refractivity contribution is 7.89. The quantitative estimate of drug-likeness (QED) is 0.825. The minimum Gasteiger partial charge on any atom is -0.495 e. The molecule has 1 aliphatic heterocycles. The van der Waals surface area contributed by atoms with E-state index < -0.39 is 10.0 Å². The third kappa shape index (κ3) is 3.44. The molecule has 1 fully saturated rings. The van der Waals surface area contributed by atoms with Gasteiger partial charge in [0, 0.05) is 31.9 Å². The average molecular weight is 375 g/mol. The first kappa shape index (κ1) is 18.7. The van der Waals surface area contributed by atoms with Crippen molar-refractivity contribution in [2.24, 2.45) is 0 Å². The number of benzene rings is 2. The number of rotatable bonds is 4. The highest BCUT2D eigenvalue weighted by Crippen LogP contribution is 2.30. The van der Waals surface area contributed by atoms with Crippen molar-refractivity contribution in [3.05, 3.63) is 53.1 Å². The summed E-state index contributed by atoms with van der Waals surface area (Å²) < 4.78 is 33.0. The minimum absolute atomic E-state index is 0.241. The van der Waals surface area contributed by atoms with Gasteiger partial charge in [-0.1, -0.05) is 18.2 Å². The average Bonchev–Trinajstić information content (AvgIpc) is 2.63. The van der Waals surface area contributed by atoms with E-state index in [0.717, 1.165) is 5.56 Å². The molecule has 0 aromatic heterocycles. The number of aryl methyl sites for hydroxylation is 2. The first-order valence-electron chi connectivity index (χ1n) is 8.80. The highest BCUT2D eigenvalue weighted by atomic mass is 32.2. The van der Waals surface area contributed by atoms with Gasteiger partial charge in [0.2, 0.25) is 10.0 Å². The molecule has 5 nitrogen and oxygen atoms in total. The molecule has 1 aliphatic rings. The van der Waals surface area contributed by atoms with Crippen LogP contribution >= 0.6 is 0 Å². The lowest BCUT2D eigenvalue weighted by Crippen LogP contribution is -2.48. The summed E-state index contributed by atoms with van der Waals surface area (Å²) in [6.07, 6.45) is 0. The van der Waals surface area contributed by atoms with Gasteiger partial charge in [0.05, 0.1) is 7.11 Å². The van der Waals surface area contributed by atoms with E-state index in [0.29, 0.717) is 31.9 Å². The summed E-state index contributed by atoms with van der Waals surface area (Å²) in [7, 11) is -2.06. The van der Waals surface area contributed by atoms with Gasteiger partial charge in [-0.05, 0) is 55.7 Å². The maximum Gasteiger partial charge on any atom is 0.246 e. The zero-order valence-corrected chi connectivity index (χ0v) is 16.6. The van der Waals surface area contributed by atoms with E-state index in [1.165, 1.54) is 23.9 Å². The number of hydrogen-bond acceptors (Lipinski definition) is 4. The first-order valence-corrected chi connectivity index (χ1v) is 10.2. The number of sulfonamides is 1. The lowest BCUT2D eigenvalue weighted by Gasteiger charge is -2.36. The predicted molar refractivity (Wildman–Crippen MR) is 105 cm³/mol. The van der Waals surface area contributed by atoms with Crippen molar-refractivity contribution in [3.63, 3.8) is 0 Å². The number of hydrogen-bond donors (Lipinski definition) is 0. The van der Waals surface area contributed by atoms with Crippen LogP contribution in [0.2, 0.25) is 0 Å². The Hall–Kier alpha value is -2.05. The molecule has 1 heterocycles. The van der Waals surface area contributed by atoms with Crippen LogP contribution in [0, 0.1) is 20.8 Å². The van der Waals surface area contributed by atoms with Crippen LogP contribution in [0.25, 0.3) is 0 Å². The van der Waals surface area contributed by atoms with Gasteiger partial charge in [-0.25, -0.2) is 8.42 Å². The lowest BCUT2D eigenvalue weighted by atomic mass is 10.1. The van der Waals surface area contributed by atoms with Crippen molar-refractivity contribution < 1.29 is 13.2 Å². The summed E-state index contributed by atoms with van der Waals surface area (Å²) in [6, 6.07) is 11.5. The molecule has 0 N–H and O–H groups in total. The molecule has 3 rings (SSSR count). The number of nitrogens with zero attached hydrogens (tertiary/aromatic N) is 2. The molecule has 2 aromatic carbocycles. The normalized spacial score (nSPS) is 15.9. The van der Waals surface area contributed by atoms with Gasteiger partial charge >= 0.3 is 0 Å². The molecule has 2 aromatic rings. The molecule has 0 radical (unpaired) electrons. The molecule has 6 heteroatoms. The molecular weight excluding hydrogens is 348 g/mol. The Morgan fingerprint density at radius 2 is 1.65 bits per heavy atom. The Morgan fingerprint density at radius 3 is 2.31 bits per heavy atom. The largest absolute Gasteiger partial charge is 0.495 e. The Morgan fingerprint density at radius 1 is 0.962 bits per heavy atom. The summed E-state index contributed by atoms with van der Waals surface area (Å²) in [5.74, 6) is 0.405. The van der Waals surface area contributed by atoms with Crippen LogP contribution in [0.3, 0.4) is 0 Å². The second-order valence-electron chi connectivity index (χ2n) is 6.76. The summed E-state index contributed by atoms with van der Waals surface area (Å²) in [5, 5.41) is 0. The maximum atomic E-state index is 13.1. The summed E-state index contributed by atoms with van der Waals surface area (Å²) in [6.45, 7) is 8.42. The Balaban J connectivity index is 1.80. The predicted octanol–water partition coefficient (Wildman–Crippen LogP) is 3.13. The monoisotopic (exact) mass is 374 g/mol. The molecule has 26 heavy (non-hydrogen) atoms. The summed E-state index contributed by atoms with van der Waals surface area (Å²) in [4.78, 5) is 2.51. The Labute approximate surface area is 156 Å². The van der Waals surface area contributed by atoms with Gasteiger partial charge < -0.3 is 9.64 Å². The maximum absolute atomic E-state index is 13.1. The molecule has 0 unspecified atom stereocenters. The Bertz CT molecular complexity index is 901. The van der Waals surface area contributed by atoms with E-state index in [2.05, 4.69) is 36.9 Å². The van der Waals surface area contributed by atoms with Gasteiger partial charge in [-0.2, -0.15) is 4.31 Å². The molecule has 0 bridgehead atoms. The third-order valence-corrected chi connectivity index (χ3v) is 7.03. The molecular formula is C20H26N2O3S. The van der Waals surface area contributed by atoms with E-state index in [-0.39, 0.29) is 4.90 Å². The van der Waals surface area contributed by atoms with Crippen LogP contribution < -0.4 is 9.64 Å². The zero-order valence-electron chi connectivity index (χ0n) is 15.8. The van der Waals surface area contributed by atoms with Gasteiger partial charge in [0.15, 0.2) is 0 Å².